The maximum absolute atomic E-state index is 13.0. The summed E-state index contributed by atoms with van der Waals surface area (Å²) in [6, 6.07) is 11.3. The van der Waals surface area contributed by atoms with Gasteiger partial charge in [0.25, 0.3) is 0 Å². The number of hydrogen-bond acceptors (Lipinski definition) is 6. The van der Waals surface area contributed by atoms with Gasteiger partial charge in [0.15, 0.2) is 0 Å². The van der Waals surface area contributed by atoms with Gasteiger partial charge in [0.05, 0.1) is 12.4 Å². The van der Waals surface area contributed by atoms with Gasteiger partial charge in [0.2, 0.25) is 11.1 Å². The fourth-order valence-electron chi connectivity index (χ4n) is 2.36. The maximum Gasteiger partial charge on any atom is 0.237 e. The van der Waals surface area contributed by atoms with Crippen molar-refractivity contribution in [2.45, 2.75) is 24.3 Å². The minimum absolute atomic E-state index is 0.239. The maximum atomic E-state index is 13.0. The van der Waals surface area contributed by atoms with Gasteiger partial charge in [-0.3, -0.25) is 4.79 Å². The molecule has 9 heteroatoms. The topological polar surface area (TPSA) is 81.9 Å². The van der Waals surface area contributed by atoms with Crippen LogP contribution in [0.1, 0.15) is 12.5 Å². The van der Waals surface area contributed by atoms with Gasteiger partial charge in [-0.15, -0.1) is 5.10 Å². The van der Waals surface area contributed by atoms with E-state index in [0.717, 1.165) is 5.56 Å². The van der Waals surface area contributed by atoms with Crippen LogP contribution in [0.15, 0.2) is 47.6 Å². The van der Waals surface area contributed by atoms with Gasteiger partial charge in [-0.05, 0) is 66.2 Å². The van der Waals surface area contributed by atoms with Crippen molar-refractivity contribution in [1.29, 1.82) is 0 Å². The fourth-order valence-corrected chi connectivity index (χ4v) is 3.16. The summed E-state index contributed by atoms with van der Waals surface area (Å²) in [4.78, 5) is 12.4. The zero-order chi connectivity index (χ0) is 19.4. The second-order valence-corrected chi connectivity index (χ2v) is 7.11. The zero-order valence-electron chi connectivity index (χ0n) is 15.0. The third-order valence-corrected chi connectivity index (χ3v) is 4.80. The van der Waals surface area contributed by atoms with E-state index in [-0.39, 0.29) is 11.7 Å². The number of carbonyl (C=O) groups excluding carboxylic acids is 1. The molecule has 0 unspecified atom stereocenters. The molecule has 0 spiro atoms. The Bertz CT molecular complexity index is 945. The molecule has 0 saturated heterocycles. The average Bonchev–Trinajstić information content (AvgIpc) is 3.11. The SMILES string of the molecule is COc1ccc(C)cc1-n1nnnc1S[C@@H](C)C(=O)Nc1ccc(F)cc1. The van der Waals surface area contributed by atoms with Crippen molar-refractivity contribution in [2.75, 3.05) is 12.4 Å². The first-order chi connectivity index (χ1) is 13.0. The average molecular weight is 387 g/mol. The number of benzene rings is 2. The lowest BCUT2D eigenvalue weighted by atomic mass is 10.2. The quantitative estimate of drug-likeness (QED) is 0.654. The molecule has 0 aliphatic rings. The molecule has 3 aromatic rings. The number of nitrogens with zero attached hydrogens (tertiary/aromatic N) is 4. The summed E-state index contributed by atoms with van der Waals surface area (Å²) < 4.78 is 19.9. The molecule has 1 amide bonds. The van der Waals surface area contributed by atoms with Gasteiger partial charge in [-0.2, -0.15) is 4.68 Å². The molecule has 0 bridgehead atoms. The molecule has 0 fully saturated rings. The van der Waals surface area contributed by atoms with Crippen LogP contribution in [-0.4, -0.2) is 38.5 Å². The van der Waals surface area contributed by atoms with Gasteiger partial charge < -0.3 is 10.1 Å². The van der Waals surface area contributed by atoms with E-state index >= 15 is 0 Å². The lowest BCUT2D eigenvalue weighted by Crippen LogP contribution is -2.23. The van der Waals surface area contributed by atoms with Crippen LogP contribution in [0.2, 0.25) is 0 Å². The summed E-state index contributed by atoms with van der Waals surface area (Å²) in [5, 5.41) is 14.5. The first-order valence-corrected chi connectivity index (χ1v) is 9.02. The minimum atomic E-state index is -0.476. The van der Waals surface area contributed by atoms with Gasteiger partial charge in [-0.25, -0.2) is 4.39 Å². The Labute approximate surface area is 159 Å². The van der Waals surface area contributed by atoms with Gasteiger partial charge in [0.1, 0.15) is 17.3 Å². The van der Waals surface area contributed by atoms with Crippen LogP contribution < -0.4 is 10.1 Å². The lowest BCUT2D eigenvalue weighted by Gasteiger charge is -2.13. The fraction of sp³-hybridized carbons (Fsp3) is 0.222. The second kappa shape index (κ2) is 8.17. The largest absolute Gasteiger partial charge is 0.494 e. The van der Waals surface area contributed by atoms with Crippen LogP contribution in [-0.2, 0) is 4.79 Å². The number of hydrogen-bond donors (Lipinski definition) is 1. The van der Waals surface area contributed by atoms with Crippen molar-refractivity contribution in [2.24, 2.45) is 0 Å². The Balaban J connectivity index is 1.77. The first-order valence-electron chi connectivity index (χ1n) is 8.14. The molecule has 1 heterocycles. The van der Waals surface area contributed by atoms with E-state index in [1.807, 2.05) is 25.1 Å². The Kier molecular flexibility index (Phi) is 5.70. The summed E-state index contributed by atoms with van der Waals surface area (Å²) in [5.41, 5.74) is 2.24. The van der Waals surface area contributed by atoms with Crippen LogP contribution in [0.3, 0.4) is 0 Å². The van der Waals surface area contributed by atoms with E-state index in [2.05, 4.69) is 20.8 Å². The van der Waals surface area contributed by atoms with E-state index in [1.54, 1.807) is 14.0 Å². The molecular weight excluding hydrogens is 369 g/mol. The van der Waals surface area contributed by atoms with E-state index in [9.17, 15) is 9.18 Å². The van der Waals surface area contributed by atoms with Gasteiger partial charge in [0, 0.05) is 5.69 Å². The van der Waals surface area contributed by atoms with Gasteiger partial charge in [-0.1, -0.05) is 17.8 Å². The Morgan fingerprint density at radius 1 is 1.26 bits per heavy atom. The number of rotatable bonds is 6. The van der Waals surface area contributed by atoms with Crippen molar-refractivity contribution in [1.82, 2.24) is 20.2 Å². The van der Waals surface area contributed by atoms with Crippen LogP contribution in [0.25, 0.3) is 5.69 Å². The number of carbonyl (C=O) groups is 1. The standard InChI is InChI=1S/C18H18FN5O2S/c1-11-4-9-16(26-3)15(10-11)24-18(21-22-23-24)27-12(2)17(25)20-14-7-5-13(19)6-8-14/h4-10,12H,1-3H3,(H,20,25)/t12-/m0/s1. The monoisotopic (exact) mass is 387 g/mol. The number of nitrogens with one attached hydrogen (secondary N) is 1. The number of ether oxygens (including phenoxy) is 1. The third kappa shape index (κ3) is 4.43. The summed E-state index contributed by atoms with van der Waals surface area (Å²) in [6.45, 7) is 3.70. The second-order valence-electron chi connectivity index (χ2n) is 5.80. The highest BCUT2D eigenvalue weighted by molar-refractivity contribution is 8.00. The van der Waals surface area contributed by atoms with E-state index in [4.69, 9.17) is 4.74 Å². The lowest BCUT2D eigenvalue weighted by molar-refractivity contribution is -0.115. The van der Waals surface area contributed by atoms with Crippen LogP contribution in [0.4, 0.5) is 10.1 Å². The number of amides is 1. The van der Waals surface area contributed by atoms with Crippen molar-refractivity contribution < 1.29 is 13.9 Å². The molecule has 1 atom stereocenters. The number of aromatic nitrogens is 4. The Hall–Kier alpha value is -2.94. The molecule has 7 nitrogen and oxygen atoms in total. The summed E-state index contributed by atoms with van der Waals surface area (Å²) in [5.74, 6) is 0.0252. The predicted octanol–water partition coefficient (Wildman–Crippen LogP) is 3.24. The summed E-state index contributed by atoms with van der Waals surface area (Å²) in [7, 11) is 1.57. The first kappa shape index (κ1) is 18.8. The van der Waals surface area contributed by atoms with Gasteiger partial charge >= 0.3 is 0 Å². The molecule has 0 aliphatic heterocycles. The molecule has 1 N–H and O–H groups in total. The van der Waals surface area contributed by atoms with Crippen LogP contribution in [0.5, 0.6) is 5.75 Å². The van der Waals surface area contributed by atoms with E-state index in [1.165, 1.54) is 40.7 Å². The number of thioether (sulfide) groups is 1. The van der Waals surface area contributed by atoms with Crippen molar-refractivity contribution in [3.05, 3.63) is 53.8 Å². The molecule has 140 valence electrons. The third-order valence-electron chi connectivity index (χ3n) is 3.77. The number of halogens is 1. The smallest absolute Gasteiger partial charge is 0.237 e. The van der Waals surface area contributed by atoms with E-state index in [0.29, 0.717) is 22.3 Å². The number of aryl methyl sites for hydroxylation is 1. The highest BCUT2D eigenvalue weighted by Gasteiger charge is 2.21. The Morgan fingerprint density at radius 2 is 2.00 bits per heavy atom. The minimum Gasteiger partial charge on any atom is -0.494 e. The highest BCUT2D eigenvalue weighted by atomic mass is 32.2. The molecule has 0 radical (unpaired) electrons. The van der Waals surface area contributed by atoms with E-state index < -0.39 is 5.25 Å². The van der Waals surface area contributed by atoms with Crippen LogP contribution in [0, 0.1) is 12.7 Å². The van der Waals surface area contributed by atoms with Crippen LogP contribution >= 0.6 is 11.8 Å². The molecule has 0 saturated carbocycles. The van der Waals surface area contributed by atoms with Crippen molar-refractivity contribution in [3.8, 4) is 11.4 Å². The highest BCUT2D eigenvalue weighted by Crippen LogP contribution is 2.29. The zero-order valence-corrected chi connectivity index (χ0v) is 15.8. The molecule has 0 aliphatic carbocycles. The number of methoxy groups -OCH3 is 1. The molecular formula is C18H18FN5O2S. The summed E-state index contributed by atoms with van der Waals surface area (Å²) in [6.07, 6.45) is 0. The predicted molar refractivity (Wildman–Crippen MR) is 101 cm³/mol. The molecule has 27 heavy (non-hydrogen) atoms. The molecule has 1 aromatic heterocycles. The van der Waals surface area contributed by atoms with Crippen molar-refractivity contribution >= 4 is 23.4 Å². The number of anilines is 1. The Morgan fingerprint density at radius 3 is 2.70 bits per heavy atom. The number of tetrazole rings is 1. The molecule has 2 aromatic carbocycles. The summed E-state index contributed by atoms with van der Waals surface area (Å²) >= 11 is 1.21. The normalized spacial score (nSPS) is 11.9. The van der Waals surface area contributed by atoms with Crippen molar-refractivity contribution in [3.63, 3.8) is 0 Å². The molecule has 3 rings (SSSR count).